The summed E-state index contributed by atoms with van der Waals surface area (Å²) in [6.45, 7) is 7.08. The highest BCUT2D eigenvalue weighted by atomic mass is 16.6. The Morgan fingerprint density at radius 1 is 1.32 bits per heavy atom. The second kappa shape index (κ2) is 6.57. The highest BCUT2D eigenvalue weighted by molar-refractivity contribution is 5.68. The molecule has 0 radical (unpaired) electrons. The third-order valence-corrected chi connectivity index (χ3v) is 2.58. The maximum absolute atomic E-state index is 11.7. The van der Waals surface area contributed by atoms with Crippen LogP contribution in [0.15, 0.2) is 30.3 Å². The van der Waals surface area contributed by atoms with Crippen molar-refractivity contribution in [3.63, 3.8) is 0 Å². The SMILES string of the molecule is C[C@H](O)[C@H](Cc1ccccc1)NC(=O)OC(C)(C)C. The fourth-order valence-corrected chi connectivity index (χ4v) is 1.67. The number of aliphatic hydroxyl groups excluding tert-OH is 1. The first kappa shape index (κ1) is 15.5. The van der Waals surface area contributed by atoms with Crippen LogP contribution in [0.25, 0.3) is 0 Å². The summed E-state index contributed by atoms with van der Waals surface area (Å²) in [5, 5.41) is 12.5. The van der Waals surface area contributed by atoms with E-state index in [1.165, 1.54) is 0 Å². The smallest absolute Gasteiger partial charge is 0.407 e. The molecule has 2 N–H and O–H groups in total. The zero-order valence-corrected chi connectivity index (χ0v) is 12.0. The summed E-state index contributed by atoms with van der Waals surface area (Å²) in [5.74, 6) is 0. The van der Waals surface area contributed by atoms with Crippen molar-refractivity contribution in [3.8, 4) is 0 Å². The minimum atomic E-state index is -0.646. The standard InChI is InChI=1S/C15H23NO3/c1-11(17)13(10-12-8-6-5-7-9-12)16-14(18)19-15(2,3)4/h5-9,11,13,17H,10H2,1-4H3,(H,16,18)/t11-,13-/m0/s1. The molecule has 0 bridgehead atoms. The van der Waals surface area contributed by atoms with Crippen LogP contribution in [0.5, 0.6) is 0 Å². The molecule has 2 atom stereocenters. The number of benzene rings is 1. The Labute approximate surface area is 114 Å². The van der Waals surface area contributed by atoms with E-state index in [1.807, 2.05) is 30.3 Å². The predicted octanol–water partition coefficient (Wildman–Crippen LogP) is 2.50. The maximum Gasteiger partial charge on any atom is 0.407 e. The number of carbonyl (C=O) groups is 1. The van der Waals surface area contributed by atoms with Crippen molar-refractivity contribution in [2.45, 2.75) is 51.9 Å². The second-order valence-corrected chi connectivity index (χ2v) is 5.68. The summed E-state index contributed by atoms with van der Waals surface area (Å²) in [6, 6.07) is 9.36. The molecule has 0 aliphatic rings. The third-order valence-electron chi connectivity index (χ3n) is 2.58. The van der Waals surface area contributed by atoms with E-state index < -0.39 is 17.8 Å². The maximum atomic E-state index is 11.7. The molecule has 106 valence electrons. The van der Waals surface area contributed by atoms with Gasteiger partial charge in [0.2, 0.25) is 0 Å². The van der Waals surface area contributed by atoms with Gasteiger partial charge in [0.25, 0.3) is 0 Å². The first-order valence-electron chi connectivity index (χ1n) is 6.49. The fourth-order valence-electron chi connectivity index (χ4n) is 1.67. The van der Waals surface area contributed by atoms with Crippen molar-refractivity contribution in [2.75, 3.05) is 0 Å². The van der Waals surface area contributed by atoms with E-state index >= 15 is 0 Å². The van der Waals surface area contributed by atoms with Gasteiger partial charge < -0.3 is 15.2 Å². The first-order valence-corrected chi connectivity index (χ1v) is 6.49. The van der Waals surface area contributed by atoms with Gasteiger partial charge in [-0.1, -0.05) is 30.3 Å². The van der Waals surface area contributed by atoms with Crippen molar-refractivity contribution in [1.29, 1.82) is 0 Å². The molecule has 1 aromatic rings. The van der Waals surface area contributed by atoms with Crippen molar-refractivity contribution in [1.82, 2.24) is 5.32 Å². The lowest BCUT2D eigenvalue weighted by atomic mass is 10.0. The average molecular weight is 265 g/mol. The van der Waals surface area contributed by atoms with Gasteiger partial charge in [-0.15, -0.1) is 0 Å². The summed E-state index contributed by atoms with van der Waals surface area (Å²) in [7, 11) is 0. The van der Waals surface area contributed by atoms with Crippen LogP contribution in [0.4, 0.5) is 4.79 Å². The summed E-state index contributed by atoms with van der Waals surface area (Å²) in [4.78, 5) is 11.7. The Kier molecular flexibility index (Phi) is 5.36. The van der Waals surface area contributed by atoms with Gasteiger partial charge in [0, 0.05) is 0 Å². The van der Waals surface area contributed by atoms with Gasteiger partial charge in [-0.05, 0) is 39.7 Å². The molecular weight excluding hydrogens is 242 g/mol. The van der Waals surface area contributed by atoms with Crippen LogP contribution in [0.1, 0.15) is 33.3 Å². The molecule has 0 unspecified atom stereocenters. The number of rotatable bonds is 4. The molecule has 1 rings (SSSR count). The van der Waals surface area contributed by atoms with E-state index in [0.29, 0.717) is 6.42 Å². The minimum absolute atomic E-state index is 0.364. The van der Waals surface area contributed by atoms with E-state index in [1.54, 1.807) is 27.7 Å². The lowest BCUT2D eigenvalue weighted by Gasteiger charge is -2.25. The van der Waals surface area contributed by atoms with Crippen molar-refractivity contribution in [3.05, 3.63) is 35.9 Å². The molecule has 0 aliphatic carbocycles. The Morgan fingerprint density at radius 3 is 2.37 bits per heavy atom. The molecule has 0 aromatic heterocycles. The molecule has 0 heterocycles. The fraction of sp³-hybridized carbons (Fsp3) is 0.533. The van der Waals surface area contributed by atoms with E-state index in [0.717, 1.165) is 5.56 Å². The van der Waals surface area contributed by atoms with Gasteiger partial charge in [-0.25, -0.2) is 4.79 Å². The zero-order valence-electron chi connectivity index (χ0n) is 12.0. The predicted molar refractivity (Wildman–Crippen MR) is 75.0 cm³/mol. The number of nitrogens with one attached hydrogen (secondary N) is 1. The van der Waals surface area contributed by atoms with Crippen LogP contribution >= 0.6 is 0 Å². The molecule has 1 amide bonds. The van der Waals surface area contributed by atoms with Gasteiger partial charge in [-0.3, -0.25) is 0 Å². The topological polar surface area (TPSA) is 58.6 Å². The van der Waals surface area contributed by atoms with Gasteiger partial charge in [-0.2, -0.15) is 0 Å². The largest absolute Gasteiger partial charge is 0.444 e. The van der Waals surface area contributed by atoms with E-state index in [4.69, 9.17) is 4.74 Å². The number of alkyl carbamates (subject to hydrolysis) is 1. The summed E-state index contributed by atoms with van der Waals surface area (Å²) >= 11 is 0. The van der Waals surface area contributed by atoms with E-state index in [-0.39, 0.29) is 6.04 Å². The molecule has 0 spiro atoms. The van der Waals surface area contributed by atoms with Crippen molar-refractivity contribution >= 4 is 6.09 Å². The highest BCUT2D eigenvalue weighted by Gasteiger charge is 2.22. The molecule has 0 saturated carbocycles. The summed E-state index contributed by atoms with van der Waals surface area (Å²) in [5.41, 5.74) is 0.518. The quantitative estimate of drug-likeness (QED) is 0.879. The monoisotopic (exact) mass is 265 g/mol. The van der Waals surface area contributed by atoms with Gasteiger partial charge in [0.1, 0.15) is 5.60 Å². The average Bonchev–Trinajstić information content (AvgIpc) is 2.26. The lowest BCUT2D eigenvalue weighted by Crippen LogP contribution is -2.45. The van der Waals surface area contributed by atoms with Gasteiger partial charge in [0.15, 0.2) is 0 Å². The number of hydrogen-bond donors (Lipinski definition) is 2. The molecular formula is C15H23NO3. The van der Waals surface area contributed by atoms with Crippen LogP contribution in [-0.4, -0.2) is 28.9 Å². The molecule has 4 heteroatoms. The van der Waals surface area contributed by atoms with Crippen LogP contribution in [-0.2, 0) is 11.2 Å². The Balaban J connectivity index is 2.61. The minimum Gasteiger partial charge on any atom is -0.444 e. The molecule has 0 aliphatic heterocycles. The first-order chi connectivity index (χ1) is 8.78. The van der Waals surface area contributed by atoms with Crippen molar-refractivity contribution < 1.29 is 14.6 Å². The van der Waals surface area contributed by atoms with E-state index in [2.05, 4.69) is 5.32 Å². The van der Waals surface area contributed by atoms with Gasteiger partial charge >= 0.3 is 6.09 Å². The Bertz CT molecular complexity index is 396. The molecule has 4 nitrogen and oxygen atoms in total. The number of amides is 1. The molecule has 0 saturated heterocycles. The highest BCUT2D eigenvalue weighted by Crippen LogP contribution is 2.10. The van der Waals surface area contributed by atoms with Crippen molar-refractivity contribution in [2.24, 2.45) is 0 Å². The molecule has 0 fully saturated rings. The third kappa shape index (κ3) is 6.25. The normalized spacial score (nSPS) is 14.6. The Hall–Kier alpha value is -1.55. The number of aliphatic hydroxyl groups is 1. The zero-order chi connectivity index (χ0) is 14.5. The number of carbonyl (C=O) groups excluding carboxylic acids is 1. The summed E-state index contributed by atoms with van der Waals surface area (Å²) < 4.78 is 5.19. The lowest BCUT2D eigenvalue weighted by molar-refractivity contribution is 0.0437. The number of hydrogen-bond acceptors (Lipinski definition) is 3. The van der Waals surface area contributed by atoms with Crippen LogP contribution < -0.4 is 5.32 Å². The van der Waals surface area contributed by atoms with Crippen LogP contribution in [0, 0.1) is 0 Å². The van der Waals surface area contributed by atoms with Crippen LogP contribution in [0.2, 0.25) is 0 Å². The number of ether oxygens (including phenoxy) is 1. The van der Waals surface area contributed by atoms with Gasteiger partial charge in [0.05, 0.1) is 12.1 Å². The Morgan fingerprint density at radius 2 is 1.89 bits per heavy atom. The second-order valence-electron chi connectivity index (χ2n) is 5.68. The van der Waals surface area contributed by atoms with Crippen LogP contribution in [0.3, 0.4) is 0 Å². The molecule has 1 aromatic carbocycles. The summed E-state index contributed by atoms with van der Waals surface area (Å²) in [6.07, 6.45) is -0.584. The van der Waals surface area contributed by atoms with E-state index in [9.17, 15) is 9.90 Å². The molecule has 19 heavy (non-hydrogen) atoms.